The minimum absolute atomic E-state index is 0.169. The molecule has 1 heterocycles. The summed E-state index contributed by atoms with van der Waals surface area (Å²) in [6.45, 7) is 2.09. The Hall–Kier alpha value is -2.21. The molecule has 1 atom stereocenters. The number of aliphatic carboxylic acids is 1. The molecule has 1 aromatic carbocycles. The van der Waals surface area contributed by atoms with E-state index in [1.54, 1.807) is 10.9 Å². The van der Waals surface area contributed by atoms with E-state index < -0.39 is 12.0 Å². The molecule has 0 bridgehead atoms. The second-order valence-corrected chi connectivity index (χ2v) is 4.32. The Labute approximate surface area is 110 Å². The summed E-state index contributed by atoms with van der Waals surface area (Å²) in [5, 5.41) is 16.6. The topological polar surface area (TPSA) is 94.0 Å². The summed E-state index contributed by atoms with van der Waals surface area (Å²) < 4.78 is 1.61. The fourth-order valence-corrected chi connectivity index (χ4v) is 1.72. The molecule has 1 aromatic heterocycles. The molecule has 0 saturated heterocycles. The number of nitrogens with two attached hydrogens (primary N) is 1. The zero-order valence-corrected chi connectivity index (χ0v) is 10.7. The molecule has 0 amide bonds. The van der Waals surface area contributed by atoms with Crippen molar-refractivity contribution in [1.29, 1.82) is 0 Å². The van der Waals surface area contributed by atoms with Gasteiger partial charge in [-0.3, -0.25) is 4.79 Å². The molecule has 3 N–H and O–H groups in total. The molecule has 100 valence electrons. The molecule has 0 fully saturated rings. The van der Waals surface area contributed by atoms with Gasteiger partial charge in [0.2, 0.25) is 0 Å². The van der Waals surface area contributed by atoms with Crippen molar-refractivity contribution >= 4 is 5.97 Å². The molecule has 1 unspecified atom stereocenters. The van der Waals surface area contributed by atoms with Gasteiger partial charge in [-0.15, -0.1) is 5.10 Å². The Bertz CT molecular complexity index is 562. The van der Waals surface area contributed by atoms with Gasteiger partial charge in [-0.2, -0.15) is 0 Å². The molecular weight excluding hydrogens is 244 g/mol. The van der Waals surface area contributed by atoms with Crippen molar-refractivity contribution in [1.82, 2.24) is 15.0 Å². The number of nitrogens with zero attached hydrogens (tertiary/aromatic N) is 3. The summed E-state index contributed by atoms with van der Waals surface area (Å²) in [5.41, 5.74) is 8.16. The lowest BCUT2D eigenvalue weighted by Crippen LogP contribution is -2.32. The van der Waals surface area contributed by atoms with E-state index in [0.717, 1.165) is 12.1 Å². The summed E-state index contributed by atoms with van der Waals surface area (Å²) in [4.78, 5) is 10.7. The smallest absolute Gasteiger partial charge is 0.320 e. The van der Waals surface area contributed by atoms with Crippen molar-refractivity contribution in [2.45, 2.75) is 25.8 Å². The van der Waals surface area contributed by atoms with E-state index in [2.05, 4.69) is 17.2 Å². The Morgan fingerprint density at radius 3 is 2.68 bits per heavy atom. The standard InChI is InChI=1S/C13H16N4O2/c1-2-9-3-5-11(6-4-9)17-8-10(15-16-17)7-12(14)13(18)19/h3-6,8,12H,2,7,14H2,1H3,(H,18,19). The number of aromatic nitrogens is 3. The van der Waals surface area contributed by atoms with Gasteiger partial charge in [0, 0.05) is 6.42 Å². The van der Waals surface area contributed by atoms with Crippen LogP contribution in [-0.2, 0) is 17.6 Å². The van der Waals surface area contributed by atoms with Gasteiger partial charge in [-0.1, -0.05) is 24.3 Å². The first-order valence-corrected chi connectivity index (χ1v) is 6.09. The van der Waals surface area contributed by atoms with Crippen LogP contribution in [0.1, 0.15) is 18.2 Å². The number of hydrogen-bond acceptors (Lipinski definition) is 4. The third kappa shape index (κ3) is 3.17. The van der Waals surface area contributed by atoms with Crippen LogP contribution in [-0.4, -0.2) is 32.1 Å². The first-order valence-electron chi connectivity index (χ1n) is 6.09. The van der Waals surface area contributed by atoms with Crippen LogP contribution >= 0.6 is 0 Å². The highest BCUT2D eigenvalue weighted by molar-refractivity contribution is 5.73. The monoisotopic (exact) mass is 260 g/mol. The van der Waals surface area contributed by atoms with Crippen LogP contribution in [0, 0.1) is 0 Å². The molecule has 0 spiro atoms. The van der Waals surface area contributed by atoms with E-state index in [4.69, 9.17) is 10.8 Å². The Kier molecular flexibility index (Phi) is 3.91. The maximum Gasteiger partial charge on any atom is 0.320 e. The van der Waals surface area contributed by atoms with Gasteiger partial charge in [0.1, 0.15) is 6.04 Å². The van der Waals surface area contributed by atoms with Crippen LogP contribution in [0.15, 0.2) is 30.5 Å². The largest absolute Gasteiger partial charge is 0.480 e. The average Bonchev–Trinajstić information content (AvgIpc) is 2.87. The van der Waals surface area contributed by atoms with Crippen molar-refractivity contribution in [2.24, 2.45) is 5.73 Å². The highest BCUT2D eigenvalue weighted by Gasteiger charge is 2.14. The highest BCUT2D eigenvalue weighted by atomic mass is 16.4. The SMILES string of the molecule is CCc1ccc(-n2cc(CC(N)C(=O)O)nn2)cc1. The maximum atomic E-state index is 10.7. The summed E-state index contributed by atoms with van der Waals surface area (Å²) in [5.74, 6) is -1.04. The molecule has 2 aromatic rings. The highest BCUT2D eigenvalue weighted by Crippen LogP contribution is 2.10. The van der Waals surface area contributed by atoms with Gasteiger partial charge >= 0.3 is 5.97 Å². The predicted octanol–water partition coefficient (Wildman–Crippen LogP) is 0.784. The fourth-order valence-electron chi connectivity index (χ4n) is 1.72. The predicted molar refractivity (Wildman–Crippen MR) is 70.1 cm³/mol. The van der Waals surface area contributed by atoms with Gasteiger partial charge in [-0.05, 0) is 24.1 Å². The molecule has 0 radical (unpaired) electrons. The lowest BCUT2D eigenvalue weighted by Gasteiger charge is -2.02. The number of rotatable bonds is 5. The minimum atomic E-state index is -1.04. The fraction of sp³-hybridized carbons (Fsp3) is 0.308. The molecule has 2 rings (SSSR count). The summed E-state index contributed by atoms with van der Waals surface area (Å²) in [6, 6.07) is 7.01. The number of aryl methyl sites for hydroxylation is 1. The number of hydrogen-bond donors (Lipinski definition) is 2. The summed E-state index contributed by atoms with van der Waals surface area (Å²) in [6.07, 6.45) is 2.85. The first-order chi connectivity index (χ1) is 9.10. The normalized spacial score (nSPS) is 12.3. The van der Waals surface area contributed by atoms with E-state index >= 15 is 0 Å². The van der Waals surface area contributed by atoms with E-state index in [1.807, 2.05) is 24.3 Å². The number of carboxylic acids is 1. The molecule has 0 saturated carbocycles. The van der Waals surface area contributed by atoms with Crippen molar-refractivity contribution < 1.29 is 9.90 Å². The van der Waals surface area contributed by atoms with Crippen LogP contribution < -0.4 is 5.73 Å². The van der Waals surface area contributed by atoms with Crippen LogP contribution in [0.3, 0.4) is 0 Å². The Morgan fingerprint density at radius 2 is 2.11 bits per heavy atom. The van der Waals surface area contributed by atoms with E-state index in [1.165, 1.54) is 5.56 Å². The third-order valence-electron chi connectivity index (χ3n) is 2.90. The number of benzene rings is 1. The second kappa shape index (κ2) is 5.62. The molecule has 19 heavy (non-hydrogen) atoms. The molecule has 0 aliphatic rings. The Morgan fingerprint density at radius 1 is 1.42 bits per heavy atom. The van der Waals surface area contributed by atoms with Crippen molar-refractivity contribution in [3.05, 3.63) is 41.7 Å². The van der Waals surface area contributed by atoms with Crippen molar-refractivity contribution in [3.63, 3.8) is 0 Å². The van der Waals surface area contributed by atoms with Gasteiger partial charge in [0.05, 0.1) is 17.6 Å². The second-order valence-electron chi connectivity index (χ2n) is 4.32. The molecular formula is C13H16N4O2. The summed E-state index contributed by atoms with van der Waals surface area (Å²) >= 11 is 0. The van der Waals surface area contributed by atoms with Gasteiger partial charge in [0.25, 0.3) is 0 Å². The van der Waals surface area contributed by atoms with Gasteiger partial charge in [-0.25, -0.2) is 4.68 Å². The maximum absolute atomic E-state index is 10.7. The quantitative estimate of drug-likeness (QED) is 0.828. The van der Waals surface area contributed by atoms with Gasteiger partial charge < -0.3 is 10.8 Å². The third-order valence-corrected chi connectivity index (χ3v) is 2.90. The summed E-state index contributed by atoms with van der Waals surface area (Å²) in [7, 11) is 0. The van der Waals surface area contributed by atoms with Crippen LogP contribution in [0.5, 0.6) is 0 Å². The zero-order valence-electron chi connectivity index (χ0n) is 10.7. The van der Waals surface area contributed by atoms with Crippen molar-refractivity contribution in [2.75, 3.05) is 0 Å². The lowest BCUT2D eigenvalue weighted by atomic mass is 10.1. The number of carboxylic acid groups (broad SMARTS) is 1. The van der Waals surface area contributed by atoms with Crippen molar-refractivity contribution in [3.8, 4) is 5.69 Å². The van der Waals surface area contributed by atoms with E-state index in [0.29, 0.717) is 5.69 Å². The van der Waals surface area contributed by atoms with Crippen LogP contribution in [0.25, 0.3) is 5.69 Å². The average molecular weight is 260 g/mol. The lowest BCUT2D eigenvalue weighted by molar-refractivity contribution is -0.138. The zero-order chi connectivity index (χ0) is 13.8. The molecule has 6 heteroatoms. The Balaban J connectivity index is 2.13. The van der Waals surface area contributed by atoms with E-state index in [-0.39, 0.29) is 6.42 Å². The molecule has 6 nitrogen and oxygen atoms in total. The van der Waals surface area contributed by atoms with Crippen LogP contribution in [0.4, 0.5) is 0 Å². The van der Waals surface area contributed by atoms with E-state index in [9.17, 15) is 4.79 Å². The molecule has 0 aliphatic heterocycles. The van der Waals surface area contributed by atoms with Gasteiger partial charge in [0.15, 0.2) is 0 Å². The first kappa shape index (κ1) is 13.2. The van der Waals surface area contributed by atoms with Crippen LogP contribution in [0.2, 0.25) is 0 Å². The number of carbonyl (C=O) groups is 1. The molecule has 0 aliphatic carbocycles. The minimum Gasteiger partial charge on any atom is -0.480 e.